The Bertz CT molecular complexity index is 721. The van der Waals surface area contributed by atoms with Crippen LogP contribution in [0.25, 0.3) is 0 Å². The van der Waals surface area contributed by atoms with Gasteiger partial charge in [-0.05, 0) is 23.3 Å². The van der Waals surface area contributed by atoms with E-state index in [9.17, 15) is 9.18 Å². The fourth-order valence-electron chi connectivity index (χ4n) is 2.85. The Morgan fingerprint density at radius 3 is 2.74 bits per heavy atom. The third-order valence-electron chi connectivity index (χ3n) is 3.98. The molecule has 1 aliphatic heterocycles. The Morgan fingerprint density at radius 2 is 2.09 bits per heavy atom. The molecule has 6 nitrogen and oxygen atoms in total. The summed E-state index contributed by atoms with van der Waals surface area (Å²) in [5, 5.41) is 8.10. The van der Waals surface area contributed by atoms with Crippen LogP contribution in [-0.2, 0) is 17.8 Å². The molecule has 2 aromatic rings. The number of carbonyl (C=O) groups is 1. The van der Waals surface area contributed by atoms with Crippen LogP contribution < -0.4 is 10.5 Å². The lowest BCUT2D eigenvalue weighted by atomic mass is 9.99. The molecule has 1 aromatic carbocycles. The van der Waals surface area contributed by atoms with Gasteiger partial charge in [0.2, 0.25) is 11.8 Å². The standard InChI is InChI=1S/C16H17FN4O2/c1-23-14-8-11-9-21(7-6-13(11)19-20-14)15(16(18)22)10-2-4-12(17)5-3-10/h2-5,8,15H,6-7,9H2,1H3,(H2,18,22)/t15-/m1/s1. The van der Waals surface area contributed by atoms with Gasteiger partial charge >= 0.3 is 0 Å². The summed E-state index contributed by atoms with van der Waals surface area (Å²) in [4.78, 5) is 13.9. The van der Waals surface area contributed by atoms with Crippen LogP contribution in [0.15, 0.2) is 30.3 Å². The molecule has 2 heterocycles. The third-order valence-corrected chi connectivity index (χ3v) is 3.98. The molecule has 0 saturated heterocycles. The molecule has 0 radical (unpaired) electrons. The van der Waals surface area contributed by atoms with E-state index in [0.717, 1.165) is 11.3 Å². The summed E-state index contributed by atoms with van der Waals surface area (Å²) in [6.45, 7) is 1.13. The first-order valence-corrected chi connectivity index (χ1v) is 7.27. The first-order chi connectivity index (χ1) is 11.1. The lowest BCUT2D eigenvalue weighted by Gasteiger charge is -2.33. The highest BCUT2D eigenvalue weighted by Gasteiger charge is 2.29. The average Bonchev–Trinajstić information content (AvgIpc) is 2.56. The molecule has 2 N–H and O–H groups in total. The van der Waals surface area contributed by atoms with E-state index in [1.807, 2.05) is 11.0 Å². The Kier molecular flexibility index (Phi) is 4.20. The van der Waals surface area contributed by atoms with Crippen LogP contribution in [-0.4, -0.2) is 34.7 Å². The number of nitrogens with two attached hydrogens (primary N) is 1. The van der Waals surface area contributed by atoms with Gasteiger partial charge in [-0.2, -0.15) is 5.10 Å². The first kappa shape index (κ1) is 15.4. The number of benzene rings is 1. The van der Waals surface area contributed by atoms with Crippen molar-refractivity contribution in [3.8, 4) is 5.88 Å². The first-order valence-electron chi connectivity index (χ1n) is 7.27. The third kappa shape index (κ3) is 3.14. The molecule has 7 heteroatoms. The Hall–Kier alpha value is -2.54. The normalized spacial score (nSPS) is 15.7. The molecule has 120 valence electrons. The summed E-state index contributed by atoms with van der Waals surface area (Å²) in [6, 6.07) is 7.05. The zero-order chi connectivity index (χ0) is 16.4. The van der Waals surface area contributed by atoms with Crippen LogP contribution in [0, 0.1) is 5.82 Å². The number of rotatable bonds is 4. The van der Waals surface area contributed by atoms with Gasteiger partial charge in [0.1, 0.15) is 11.9 Å². The highest BCUT2D eigenvalue weighted by Crippen LogP contribution is 2.28. The van der Waals surface area contributed by atoms with Crippen LogP contribution in [0.4, 0.5) is 4.39 Å². The number of halogens is 1. The van der Waals surface area contributed by atoms with E-state index < -0.39 is 11.9 Å². The van der Waals surface area contributed by atoms with Gasteiger partial charge in [0.25, 0.3) is 0 Å². The molecule has 1 atom stereocenters. The summed E-state index contributed by atoms with van der Waals surface area (Å²) >= 11 is 0. The molecule has 1 aromatic heterocycles. The Balaban J connectivity index is 1.89. The Morgan fingerprint density at radius 1 is 1.35 bits per heavy atom. The minimum atomic E-state index is -0.608. The molecule has 3 rings (SSSR count). The smallest absolute Gasteiger partial charge is 0.239 e. The summed E-state index contributed by atoms with van der Waals surface area (Å²) in [7, 11) is 1.53. The summed E-state index contributed by atoms with van der Waals surface area (Å²) in [5.41, 5.74) is 8.11. The van der Waals surface area contributed by atoms with Crippen molar-refractivity contribution >= 4 is 5.91 Å². The maximum absolute atomic E-state index is 13.1. The van der Waals surface area contributed by atoms with Crippen molar-refractivity contribution in [3.05, 3.63) is 53.0 Å². The number of hydrogen-bond acceptors (Lipinski definition) is 5. The number of primary amides is 1. The van der Waals surface area contributed by atoms with Gasteiger partial charge in [-0.15, -0.1) is 5.10 Å². The van der Waals surface area contributed by atoms with Crippen LogP contribution in [0.2, 0.25) is 0 Å². The van der Waals surface area contributed by atoms with Crippen LogP contribution in [0.3, 0.4) is 0 Å². The SMILES string of the molecule is COc1cc2c(nn1)CCN([C@@H](C(N)=O)c1ccc(F)cc1)C2. The zero-order valence-corrected chi connectivity index (χ0v) is 12.7. The average molecular weight is 316 g/mol. The van der Waals surface area contributed by atoms with E-state index in [1.165, 1.54) is 19.2 Å². The second kappa shape index (κ2) is 6.29. The van der Waals surface area contributed by atoms with Crippen LogP contribution in [0.1, 0.15) is 22.9 Å². The van der Waals surface area contributed by atoms with Gasteiger partial charge < -0.3 is 10.5 Å². The zero-order valence-electron chi connectivity index (χ0n) is 12.7. The maximum atomic E-state index is 13.1. The van der Waals surface area contributed by atoms with Crippen molar-refractivity contribution in [3.63, 3.8) is 0 Å². The highest BCUT2D eigenvalue weighted by molar-refractivity contribution is 5.81. The number of methoxy groups -OCH3 is 1. The lowest BCUT2D eigenvalue weighted by Crippen LogP contribution is -2.41. The number of fused-ring (bicyclic) bond motifs is 1. The molecule has 0 aliphatic carbocycles. The summed E-state index contributed by atoms with van der Waals surface area (Å²) in [5.74, 6) is -0.377. The van der Waals surface area contributed by atoms with Crippen molar-refractivity contribution in [2.75, 3.05) is 13.7 Å². The predicted molar refractivity (Wildman–Crippen MR) is 81.0 cm³/mol. The van der Waals surface area contributed by atoms with Crippen molar-refractivity contribution in [1.29, 1.82) is 0 Å². The van der Waals surface area contributed by atoms with Crippen LogP contribution in [0.5, 0.6) is 5.88 Å². The van der Waals surface area contributed by atoms with E-state index >= 15 is 0 Å². The van der Waals surface area contributed by atoms with E-state index in [0.29, 0.717) is 31.0 Å². The van der Waals surface area contributed by atoms with E-state index in [1.54, 1.807) is 12.1 Å². The molecular weight excluding hydrogens is 299 g/mol. The number of aromatic nitrogens is 2. The summed E-state index contributed by atoms with van der Waals surface area (Å²) in [6.07, 6.45) is 0.664. The summed E-state index contributed by atoms with van der Waals surface area (Å²) < 4.78 is 18.2. The Labute approximate surface area is 133 Å². The van der Waals surface area contributed by atoms with Gasteiger partial charge in [-0.3, -0.25) is 9.69 Å². The monoisotopic (exact) mass is 316 g/mol. The van der Waals surface area contributed by atoms with Gasteiger partial charge in [0.15, 0.2) is 0 Å². The quantitative estimate of drug-likeness (QED) is 0.917. The van der Waals surface area contributed by atoms with E-state index in [4.69, 9.17) is 10.5 Å². The van der Waals surface area contributed by atoms with E-state index in [2.05, 4.69) is 10.2 Å². The second-order valence-electron chi connectivity index (χ2n) is 5.44. The van der Waals surface area contributed by atoms with Gasteiger partial charge in [-0.1, -0.05) is 12.1 Å². The molecule has 1 aliphatic rings. The van der Waals surface area contributed by atoms with Crippen molar-refractivity contribution in [1.82, 2.24) is 15.1 Å². The molecule has 0 unspecified atom stereocenters. The topological polar surface area (TPSA) is 81.3 Å². The van der Waals surface area contributed by atoms with Crippen molar-refractivity contribution in [2.45, 2.75) is 19.0 Å². The number of carbonyl (C=O) groups excluding carboxylic acids is 1. The molecular formula is C16H17FN4O2. The minimum Gasteiger partial charge on any atom is -0.480 e. The van der Waals surface area contributed by atoms with Crippen LogP contribution >= 0.6 is 0 Å². The van der Waals surface area contributed by atoms with Gasteiger partial charge in [-0.25, -0.2) is 4.39 Å². The largest absolute Gasteiger partial charge is 0.480 e. The molecule has 23 heavy (non-hydrogen) atoms. The predicted octanol–water partition coefficient (Wildman–Crippen LogP) is 1.21. The highest BCUT2D eigenvalue weighted by atomic mass is 19.1. The number of ether oxygens (including phenoxy) is 1. The lowest BCUT2D eigenvalue weighted by molar-refractivity contribution is -0.123. The maximum Gasteiger partial charge on any atom is 0.239 e. The van der Waals surface area contributed by atoms with Crippen molar-refractivity contribution < 1.29 is 13.9 Å². The number of nitrogens with zero attached hydrogens (tertiary/aromatic N) is 3. The molecule has 0 saturated carbocycles. The minimum absolute atomic E-state index is 0.346. The fraction of sp³-hybridized carbons (Fsp3) is 0.312. The van der Waals surface area contributed by atoms with Crippen molar-refractivity contribution in [2.24, 2.45) is 5.73 Å². The molecule has 1 amide bonds. The van der Waals surface area contributed by atoms with E-state index in [-0.39, 0.29) is 5.82 Å². The van der Waals surface area contributed by atoms with Gasteiger partial charge in [0.05, 0.1) is 12.8 Å². The molecule has 0 fully saturated rings. The molecule has 0 bridgehead atoms. The fourth-order valence-corrected chi connectivity index (χ4v) is 2.85. The number of amides is 1. The number of hydrogen-bond donors (Lipinski definition) is 1. The van der Waals surface area contributed by atoms with Gasteiger partial charge in [0, 0.05) is 25.6 Å². The second-order valence-corrected chi connectivity index (χ2v) is 5.44. The molecule has 0 spiro atoms.